The molecule has 6 heteroatoms. The zero-order valence-electron chi connectivity index (χ0n) is 8.87. The number of amides is 4. The molecule has 0 aromatic carbocycles. The average Bonchev–Trinajstić information content (AvgIpc) is 2.45. The molecule has 5 nitrogen and oxygen atoms in total. The summed E-state index contributed by atoms with van der Waals surface area (Å²) < 4.78 is 0. The van der Waals surface area contributed by atoms with Crippen molar-refractivity contribution >= 4 is 17.8 Å². The first-order valence-corrected chi connectivity index (χ1v) is 4.69. The van der Waals surface area contributed by atoms with Crippen LogP contribution >= 0.6 is 0 Å². The molecule has 2 rings (SSSR count). The maximum Gasteiger partial charge on any atom is 1.00 e. The molecule has 0 aromatic rings. The summed E-state index contributed by atoms with van der Waals surface area (Å²) in [5, 5.41) is 5.42. The minimum absolute atomic E-state index is 0. The van der Waals surface area contributed by atoms with Crippen molar-refractivity contribution in [2.24, 2.45) is 11.3 Å². The second-order valence-electron chi connectivity index (χ2n) is 3.94. The predicted octanol–water partition coefficient (Wildman–Crippen LogP) is -2.05. The number of imide groups is 2. The van der Waals surface area contributed by atoms with E-state index in [1.807, 2.05) is 6.92 Å². The molecule has 1 N–H and O–H groups in total. The molecule has 2 unspecified atom stereocenters. The third-order valence-electron chi connectivity index (χ3n) is 3.26. The van der Waals surface area contributed by atoms with Crippen LogP contribution in [-0.4, -0.2) is 17.8 Å². The van der Waals surface area contributed by atoms with Crippen molar-refractivity contribution in [3.8, 4) is 0 Å². The minimum Gasteiger partial charge on any atom is -0.394 e. The van der Waals surface area contributed by atoms with Gasteiger partial charge in [-0.15, -0.1) is 0 Å². The van der Waals surface area contributed by atoms with E-state index >= 15 is 0 Å². The summed E-state index contributed by atoms with van der Waals surface area (Å²) >= 11 is 0. The molecule has 2 aliphatic rings. The molecule has 0 bridgehead atoms. The average molecular weight is 218 g/mol. The molecule has 0 aromatic heterocycles. The second kappa shape index (κ2) is 4.23. The van der Waals surface area contributed by atoms with Crippen molar-refractivity contribution in [2.45, 2.75) is 26.2 Å². The molecule has 1 spiro atoms. The largest absolute Gasteiger partial charge is 1.00 e. The van der Waals surface area contributed by atoms with Gasteiger partial charge in [-0.05, 0) is 18.8 Å². The molecular weight excluding hydrogens is 207 g/mol. The van der Waals surface area contributed by atoms with Crippen LogP contribution in [0.4, 0.5) is 4.79 Å². The molecule has 1 heterocycles. The van der Waals surface area contributed by atoms with E-state index in [1.165, 1.54) is 0 Å². The van der Waals surface area contributed by atoms with E-state index in [1.54, 1.807) is 0 Å². The van der Waals surface area contributed by atoms with Crippen molar-refractivity contribution in [2.75, 3.05) is 0 Å². The Morgan fingerprint density at radius 1 is 1.40 bits per heavy atom. The predicted molar refractivity (Wildman–Crippen MR) is 47.4 cm³/mol. The normalized spacial score (nSPS) is 34.7. The van der Waals surface area contributed by atoms with Crippen LogP contribution in [0, 0.1) is 11.3 Å². The topological polar surface area (TPSA) is 77.3 Å². The van der Waals surface area contributed by atoms with Crippen LogP contribution in [0.2, 0.25) is 0 Å². The van der Waals surface area contributed by atoms with E-state index in [-0.39, 0.29) is 35.5 Å². The monoisotopic (exact) mass is 218 g/mol. The van der Waals surface area contributed by atoms with Crippen LogP contribution < -0.4 is 34.9 Å². The van der Waals surface area contributed by atoms with Crippen LogP contribution in [0.3, 0.4) is 0 Å². The number of urea groups is 1. The molecule has 2 atom stereocenters. The van der Waals surface area contributed by atoms with E-state index in [0.29, 0.717) is 6.42 Å². The number of rotatable bonds is 0. The van der Waals surface area contributed by atoms with Crippen molar-refractivity contribution in [3.05, 3.63) is 5.32 Å². The van der Waals surface area contributed by atoms with E-state index in [2.05, 4.69) is 10.6 Å². The molecule has 1 saturated heterocycles. The van der Waals surface area contributed by atoms with Crippen LogP contribution in [0.25, 0.3) is 5.32 Å². The summed E-state index contributed by atoms with van der Waals surface area (Å²) in [6.45, 7) is 1.86. The van der Waals surface area contributed by atoms with Gasteiger partial charge in [-0.2, -0.15) is 0 Å². The Morgan fingerprint density at radius 2 is 2.07 bits per heavy atom. The first-order valence-electron chi connectivity index (χ1n) is 4.69. The second-order valence-corrected chi connectivity index (χ2v) is 3.94. The SMILES string of the molecule is CC1CCCC12C(=O)[N-]C(=O)NC2=O.[Na+]. The van der Waals surface area contributed by atoms with E-state index in [0.717, 1.165) is 12.8 Å². The van der Waals surface area contributed by atoms with Gasteiger partial charge < -0.3 is 10.6 Å². The number of nitrogens with zero attached hydrogens (tertiary/aromatic N) is 1. The van der Waals surface area contributed by atoms with E-state index < -0.39 is 23.3 Å². The number of hydrogen-bond acceptors (Lipinski definition) is 3. The molecule has 1 saturated carbocycles. The summed E-state index contributed by atoms with van der Waals surface area (Å²) in [4.78, 5) is 34.0. The van der Waals surface area contributed by atoms with Gasteiger partial charge in [0.15, 0.2) is 17.8 Å². The third kappa shape index (κ3) is 1.73. The Bertz CT molecular complexity index is 309. The maximum atomic E-state index is 11.6. The van der Waals surface area contributed by atoms with Gasteiger partial charge in [0.25, 0.3) is 0 Å². The molecule has 2 fully saturated rings. The third-order valence-corrected chi connectivity index (χ3v) is 3.26. The van der Waals surface area contributed by atoms with Crippen LogP contribution in [0.5, 0.6) is 0 Å². The Balaban J connectivity index is 0.00000112. The van der Waals surface area contributed by atoms with Gasteiger partial charge in [-0.25, -0.2) is 0 Å². The van der Waals surface area contributed by atoms with Gasteiger partial charge >= 0.3 is 29.6 Å². The summed E-state index contributed by atoms with van der Waals surface area (Å²) in [5.74, 6) is -1.05. The zero-order valence-corrected chi connectivity index (χ0v) is 10.9. The number of hydrogen-bond donors (Lipinski definition) is 1. The molecule has 4 amide bonds. The smallest absolute Gasteiger partial charge is 0.394 e. The molecule has 76 valence electrons. The number of nitrogens with one attached hydrogen (secondary N) is 1. The Hall–Kier alpha value is -0.390. The molecular formula is C9H11N2NaO3. The summed E-state index contributed by atoms with van der Waals surface area (Å²) in [6, 6.07) is -0.829. The minimum atomic E-state index is -1.05. The van der Waals surface area contributed by atoms with Crippen LogP contribution in [-0.2, 0) is 9.59 Å². The van der Waals surface area contributed by atoms with Gasteiger partial charge in [-0.1, -0.05) is 13.3 Å². The van der Waals surface area contributed by atoms with Crippen molar-refractivity contribution in [1.82, 2.24) is 5.32 Å². The fraction of sp³-hybridized carbons (Fsp3) is 0.667. The molecule has 15 heavy (non-hydrogen) atoms. The number of carbonyl (C=O) groups is 3. The first-order chi connectivity index (χ1) is 6.57. The van der Waals surface area contributed by atoms with Crippen molar-refractivity contribution in [1.29, 1.82) is 0 Å². The number of barbiturate groups is 1. The molecule has 0 radical (unpaired) electrons. The molecule has 1 aliphatic heterocycles. The van der Waals surface area contributed by atoms with Gasteiger partial charge in [0.05, 0.1) is 5.41 Å². The Labute approximate surface area is 110 Å². The summed E-state index contributed by atoms with van der Waals surface area (Å²) in [6.07, 6.45) is 2.18. The zero-order chi connectivity index (χ0) is 10.3. The van der Waals surface area contributed by atoms with Gasteiger partial charge in [-0.3, -0.25) is 14.4 Å². The maximum absolute atomic E-state index is 11.6. The van der Waals surface area contributed by atoms with E-state index in [9.17, 15) is 14.4 Å². The first kappa shape index (κ1) is 12.7. The van der Waals surface area contributed by atoms with Gasteiger partial charge in [0.2, 0.25) is 0 Å². The number of carbonyl (C=O) groups excluding carboxylic acids is 3. The fourth-order valence-electron chi connectivity index (χ4n) is 2.36. The summed E-state index contributed by atoms with van der Waals surface area (Å²) in [7, 11) is 0. The van der Waals surface area contributed by atoms with Gasteiger partial charge in [0.1, 0.15) is 0 Å². The van der Waals surface area contributed by atoms with Crippen molar-refractivity contribution < 1.29 is 43.9 Å². The fourth-order valence-corrected chi connectivity index (χ4v) is 2.36. The van der Waals surface area contributed by atoms with Crippen LogP contribution in [0.1, 0.15) is 26.2 Å². The standard InChI is InChI=1S/C9H12N2O3.Na/c1-5-3-2-4-9(5)6(12)10-8(14)11-7(9)13;/h5H,2-4H2,1H3,(H2,10,11,12,13,14);/q;+1/p-1. The Morgan fingerprint density at radius 3 is 2.53 bits per heavy atom. The Kier molecular flexibility index (Phi) is 3.58. The molecule has 1 aliphatic carbocycles. The summed E-state index contributed by atoms with van der Waals surface area (Å²) in [5.41, 5.74) is -1.05. The van der Waals surface area contributed by atoms with Crippen molar-refractivity contribution in [3.63, 3.8) is 0 Å². The quantitative estimate of drug-likeness (QED) is 0.375. The van der Waals surface area contributed by atoms with Crippen LogP contribution in [0.15, 0.2) is 0 Å². The van der Waals surface area contributed by atoms with E-state index in [4.69, 9.17) is 0 Å². The van der Waals surface area contributed by atoms with Gasteiger partial charge in [0, 0.05) is 0 Å².